The maximum Gasteiger partial charge on any atom is 0.481 e. The highest BCUT2D eigenvalue weighted by atomic mass is 16.7. The van der Waals surface area contributed by atoms with Gasteiger partial charge in [-0.05, 0) is 86.4 Å². The number of carbonyl (C=O) groups is 3. The Morgan fingerprint density at radius 3 is 2.39 bits per heavy atom. The fourth-order valence-corrected chi connectivity index (χ4v) is 9.37. The van der Waals surface area contributed by atoms with E-state index >= 15 is 0 Å². The Balaban J connectivity index is 0.909. The molecule has 3 amide bonds. The van der Waals surface area contributed by atoms with Crippen molar-refractivity contribution in [1.29, 1.82) is 0 Å². The van der Waals surface area contributed by atoms with E-state index in [-0.39, 0.29) is 59.5 Å². The summed E-state index contributed by atoms with van der Waals surface area (Å²) in [7, 11) is -0.768. The lowest BCUT2D eigenvalue weighted by molar-refractivity contribution is -0.137. The van der Waals surface area contributed by atoms with Gasteiger partial charge in [0, 0.05) is 68.0 Å². The summed E-state index contributed by atoms with van der Waals surface area (Å²) < 4.78 is 17.0. The highest BCUT2D eigenvalue weighted by Gasteiger charge is 2.60. The van der Waals surface area contributed by atoms with Crippen molar-refractivity contribution in [3.05, 3.63) is 119 Å². The molecule has 2 aliphatic heterocycles. The molecular weight excluding hydrogens is 853 g/mol. The van der Waals surface area contributed by atoms with Gasteiger partial charge in [-0.15, -0.1) is 0 Å². The lowest BCUT2D eigenvalue weighted by atomic mass is 9.73. The third kappa shape index (κ3) is 9.86. The topological polar surface area (TPSA) is 219 Å². The van der Waals surface area contributed by atoms with Crippen LogP contribution in [0.2, 0.25) is 0 Å². The summed E-state index contributed by atoms with van der Waals surface area (Å²) in [5.41, 5.74) is 1.40. The first-order valence-corrected chi connectivity index (χ1v) is 22.9. The molecule has 18 heteroatoms. The molecule has 5 heterocycles. The van der Waals surface area contributed by atoms with Crippen LogP contribution in [0.1, 0.15) is 94.8 Å². The van der Waals surface area contributed by atoms with Gasteiger partial charge in [0.25, 0.3) is 5.91 Å². The van der Waals surface area contributed by atoms with Crippen LogP contribution in [-0.4, -0.2) is 106 Å². The molecule has 350 valence electrons. The molecule has 2 atom stereocenters. The fraction of sp³-hybridized carbons (Fsp3) is 0.408. The summed E-state index contributed by atoms with van der Waals surface area (Å²) in [6.45, 7) is 13.4. The predicted octanol–water partition coefficient (Wildman–Crippen LogP) is 5.68. The van der Waals surface area contributed by atoms with Gasteiger partial charge >= 0.3 is 12.8 Å². The summed E-state index contributed by atoms with van der Waals surface area (Å²) >= 11 is 0. The van der Waals surface area contributed by atoms with Crippen molar-refractivity contribution in [1.82, 2.24) is 44.8 Å². The Hall–Kier alpha value is -6.79. The van der Waals surface area contributed by atoms with E-state index in [1.807, 2.05) is 91.9 Å². The normalized spacial score (nSPS) is 16.5. The smallest absolute Gasteiger partial charge is 0.481 e. The van der Waals surface area contributed by atoms with E-state index in [2.05, 4.69) is 44.6 Å². The van der Waals surface area contributed by atoms with Crippen LogP contribution in [0.3, 0.4) is 0 Å². The number of amides is 3. The van der Waals surface area contributed by atoms with Gasteiger partial charge < -0.3 is 39.6 Å². The Kier molecular flexibility index (Phi) is 13.4. The van der Waals surface area contributed by atoms with Crippen LogP contribution in [0.5, 0.6) is 11.5 Å². The Bertz CT molecular complexity index is 2800. The molecule has 2 aliphatic rings. The minimum atomic E-state index is -0.917. The molecule has 0 bridgehead atoms. The van der Waals surface area contributed by atoms with Crippen LogP contribution in [0, 0.1) is 5.92 Å². The van der Waals surface area contributed by atoms with Crippen molar-refractivity contribution in [3.8, 4) is 28.6 Å². The van der Waals surface area contributed by atoms with E-state index in [9.17, 15) is 29.4 Å². The predicted molar refractivity (Wildman–Crippen MR) is 253 cm³/mol. The van der Waals surface area contributed by atoms with Crippen LogP contribution in [0.15, 0.2) is 96.3 Å². The quantitative estimate of drug-likeness (QED) is 0.0790. The molecule has 5 N–H and O–H groups in total. The van der Waals surface area contributed by atoms with E-state index in [1.165, 1.54) is 29.2 Å². The van der Waals surface area contributed by atoms with Gasteiger partial charge in [0.2, 0.25) is 11.8 Å². The number of nitrogens with zero attached hydrogens (tertiary/aromatic N) is 6. The first-order chi connectivity index (χ1) is 32.0. The maximum absolute atomic E-state index is 14.2. The number of likely N-dealkylation sites (tertiary alicyclic amines) is 1. The van der Waals surface area contributed by atoms with Crippen LogP contribution in [0.4, 0.5) is 0 Å². The first-order valence-electron chi connectivity index (χ1n) is 22.9. The monoisotopic (exact) mass is 911 g/mol. The standard InChI is InChI=1S/C49H58BN9O8/c1-30(2)24-42(54-45(63)37(25-32-10-8-7-9-11-32)53-46(64)38-29-51-18-19-52-38)50-66-48(5,6)49(67-50)16-22-58(23-17-49)43(62)15-21-57-20-14-33-26-34(12-13-39(33)57)59-44(55-56-47(59)65)36-27-35(31(3)4)40(60)28-41(36)61/h7-14,18-20,26-31,37,42,60-61H,15-17,21-25H2,1-6H3,(H,53,64)(H,54,63)(H,56,65)/t37?,42-/m0/s1. The zero-order valence-electron chi connectivity index (χ0n) is 38.7. The number of hydrogen-bond donors (Lipinski definition) is 5. The van der Waals surface area contributed by atoms with Crippen LogP contribution in [-0.2, 0) is 31.9 Å². The highest BCUT2D eigenvalue weighted by Crippen LogP contribution is 2.46. The summed E-state index contributed by atoms with van der Waals surface area (Å²) in [6.07, 6.45) is 8.35. The molecule has 0 radical (unpaired) electrons. The molecule has 0 saturated carbocycles. The number of aromatic amines is 1. The van der Waals surface area contributed by atoms with Crippen LogP contribution >= 0.6 is 0 Å². The van der Waals surface area contributed by atoms with Gasteiger partial charge in [0.1, 0.15) is 23.2 Å². The third-order valence-corrected chi connectivity index (χ3v) is 13.1. The van der Waals surface area contributed by atoms with Crippen molar-refractivity contribution >= 4 is 35.7 Å². The van der Waals surface area contributed by atoms with Crippen LogP contribution < -0.4 is 16.3 Å². The van der Waals surface area contributed by atoms with Gasteiger partial charge in [-0.3, -0.25) is 19.4 Å². The number of H-pyrrole nitrogens is 1. The molecule has 3 aromatic heterocycles. The van der Waals surface area contributed by atoms with Gasteiger partial charge in [0.15, 0.2) is 5.82 Å². The van der Waals surface area contributed by atoms with E-state index in [1.54, 1.807) is 12.1 Å². The lowest BCUT2D eigenvalue weighted by Gasteiger charge is -2.45. The first kappa shape index (κ1) is 46.7. The highest BCUT2D eigenvalue weighted by molar-refractivity contribution is 6.48. The number of aromatic hydroxyl groups is 2. The number of phenolic OH excluding ortho intramolecular Hbond substituents is 2. The number of aryl methyl sites for hydroxylation is 1. The largest absolute Gasteiger partial charge is 0.508 e. The zero-order valence-corrected chi connectivity index (χ0v) is 38.7. The number of piperidine rings is 1. The number of nitrogens with one attached hydrogen (secondary N) is 3. The van der Waals surface area contributed by atoms with E-state index < -0.39 is 41.9 Å². The minimum absolute atomic E-state index is 0.0172. The van der Waals surface area contributed by atoms with Gasteiger partial charge in [-0.1, -0.05) is 58.0 Å². The molecular formula is C49H58BN9O8. The molecule has 0 aliphatic carbocycles. The number of phenols is 2. The van der Waals surface area contributed by atoms with E-state index in [4.69, 9.17) is 9.31 Å². The van der Waals surface area contributed by atoms with E-state index in [0.29, 0.717) is 55.7 Å². The van der Waals surface area contributed by atoms with Gasteiger partial charge in [-0.2, -0.15) is 5.10 Å². The molecule has 67 heavy (non-hydrogen) atoms. The number of benzene rings is 3. The number of rotatable bonds is 15. The molecule has 6 aromatic rings. The minimum Gasteiger partial charge on any atom is -0.508 e. The molecule has 2 fully saturated rings. The second-order valence-corrected chi connectivity index (χ2v) is 18.8. The van der Waals surface area contributed by atoms with Crippen molar-refractivity contribution in [3.63, 3.8) is 0 Å². The van der Waals surface area contributed by atoms with Gasteiger partial charge in [0.05, 0.1) is 34.6 Å². The molecule has 8 rings (SSSR count). The second-order valence-electron chi connectivity index (χ2n) is 18.8. The lowest BCUT2D eigenvalue weighted by Crippen LogP contribution is -2.56. The molecule has 1 unspecified atom stereocenters. The third-order valence-electron chi connectivity index (χ3n) is 13.1. The fourth-order valence-electron chi connectivity index (χ4n) is 9.37. The maximum atomic E-state index is 14.2. The van der Waals surface area contributed by atoms with Crippen molar-refractivity contribution < 1.29 is 33.9 Å². The SMILES string of the molecule is CC(C)C[C@H](NC(=O)C(Cc1ccccc1)NC(=O)c1cnccn1)B1OC(C)(C)C2(CCN(C(=O)CCn3ccc4cc(-n5c(-c6cc(C(C)C)c(O)cc6O)n[nH]c5=O)ccc43)CC2)O1. The second kappa shape index (κ2) is 19.2. The summed E-state index contributed by atoms with van der Waals surface area (Å²) in [5, 5.41) is 34.8. The Morgan fingerprint density at radius 1 is 0.925 bits per heavy atom. The van der Waals surface area contributed by atoms with Crippen molar-refractivity contribution in [2.45, 2.75) is 109 Å². The average molecular weight is 912 g/mol. The summed E-state index contributed by atoms with van der Waals surface area (Å²) in [6, 6.07) is 19.0. The molecule has 17 nitrogen and oxygen atoms in total. The van der Waals surface area contributed by atoms with Crippen LogP contribution in [0.25, 0.3) is 28.0 Å². The Labute approximate surface area is 389 Å². The van der Waals surface area contributed by atoms with Crippen molar-refractivity contribution in [2.75, 3.05) is 13.1 Å². The van der Waals surface area contributed by atoms with Crippen molar-refractivity contribution in [2.24, 2.45) is 5.92 Å². The molecule has 1 spiro atoms. The summed E-state index contributed by atoms with van der Waals surface area (Å²) in [5.74, 6) is -1.28. The number of fused-ring (bicyclic) bond motifs is 1. The van der Waals surface area contributed by atoms with E-state index in [0.717, 1.165) is 16.5 Å². The number of hydrogen-bond acceptors (Lipinski definition) is 11. The molecule has 2 saturated heterocycles. The number of aromatic nitrogens is 6. The Morgan fingerprint density at radius 2 is 1.69 bits per heavy atom. The zero-order chi connectivity index (χ0) is 47.6. The van der Waals surface area contributed by atoms with Gasteiger partial charge in [-0.25, -0.2) is 19.4 Å². The number of carbonyl (C=O) groups excluding carboxylic acids is 3. The average Bonchev–Trinajstić information content (AvgIpc) is 3.97. The summed E-state index contributed by atoms with van der Waals surface area (Å²) in [4.78, 5) is 64.2. The molecule has 3 aromatic carbocycles.